The molecule has 0 saturated carbocycles. The van der Waals surface area contributed by atoms with Gasteiger partial charge in [0.25, 0.3) is 0 Å². The maximum Gasteiger partial charge on any atom is 0.228 e. The maximum absolute atomic E-state index is 15.3. The minimum atomic E-state index is -0.472. The number of nitrogen functional groups attached to an aromatic ring is 1. The summed E-state index contributed by atoms with van der Waals surface area (Å²) >= 11 is 0. The van der Waals surface area contributed by atoms with Crippen molar-refractivity contribution in [1.29, 1.82) is 0 Å². The molecule has 10 heteroatoms. The monoisotopic (exact) mass is 499 g/mol. The molecular formula is C27H26FN7O2. The second-order valence-electron chi connectivity index (χ2n) is 9.18. The van der Waals surface area contributed by atoms with Crippen LogP contribution in [0.3, 0.4) is 0 Å². The molecule has 0 radical (unpaired) electrons. The zero-order valence-electron chi connectivity index (χ0n) is 20.9. The van der Waals surface area contributed by atoms with Gasteiger partial charge in [0.15, 0.2) is 0 Å². The number of oxazole rings is 1. The number of benzene rings is 1. The first-order chi connectivity index (χ1) is 17.7. The minimum Gasteiger partial charge on any atom is -0.445 e. The summed E-state index contributed by atoms with van der Waals surface area (Å²) in [5.41, 5.74) is 9.07. The van der Waals surface area contributed by atoms with Crippen molar-refractivity contribution in [3.63, 3.8) is 0 Å². The van der Waals surface area contributed by atoms with Gasteiger partial charge in [0.1, 0.15) is 23.7 Å². The molecule has 4 aromatic heterocycles. The summed E-state index contributed by atoms with van der Waals surface area (Å²) in [7, 11) is 1.84. The minimum absolute atomic E-state index is 0.0362. The normalized spacial score (nSPS) is 13.0. The van der Waals surface area contributed by atoms with Crippen LogP contribution in [0.1, 0.15) is 30.9 Å². The van der Waals surface area contributed by atoms with E-state index in [9.17, 15) is 4.79 Å². The van der Waals surface area contributed by atoms with Crippen LogP contribution in [-0.4, -0.2) is 30.6 Å². The Morgan fingerprint density at radius 3 is 2.65 bits per heavy atom. The highest BCUT2D eigenvalue weighted by Gasteiger charge is 2.23. The third kappa shape index (κ3) is 4.65. The Morgan fingerprint density at radius 1 is 1.16 bits per heavy atom. The molecule has 0 bridgehead atoms. The number of nitrogens with zero attached hydrogens (tertiary/aromatic N) is 5. The topological polar surface area (TPSA) is 125 Å². The zero-order valence-corrected chi connectivity index (χ0v) is 20.9. The van der Waals surface area contributed by atoms with E-state index < -0.39 is 5.82 Å². The molecule has 2 atom stereocenters. The highest BCUT2D eigenvalue weighted by molar-refractivity contribution is 5.98. The summed E-state index contributed by atoms with van der Waals surface area (Å²) in [4.78, 5) is 25.8. The molecule has 9 nitrogen and oxygen atoms in total. The molecule has 188 valence electrons. The number of halogens is 1. The molecule has 0 aliphatic heterocycles. The highest BCUT2D eigenvalue weighted by Crippen LogP contribution is 2.33. The number of pyridine rings is 2. The van der Waals surface area contributed by atoms with E-state index in [0.29, 0.717) is 44.9 Å². The van der Waals surface area contributed by atoms with Gasteiger partial charge in [0.2, 0.25) is 11.8 Å². The number of aromatic nitrogens is 5. The first-order valence-electron chi connectivity index (χ1n) is 11.8. The van der Waals surface area contributed by atoms with E-state index in [-0.39, 0.29) is 23.6 Å². The van der Waals surface area contributed by atoms with Gasteiger partial charge in [-0.3, -0.25) is 9.48 Å². The van der Waals surface area contributed by atoms with Gasteiger partial charge in [-0.2, -0.15) is 5.10 Å². The quantitative estimate of drug-likeness (QED) is 0.333. The van der Waals surface area contributed by atoms with Crippen molar-refractivity contribution < 1.29 is 13.6 Å². The predicted octanol–water partition coefficient (Wildman–Crippen LogP) is 5.09. The van der Waals surface area contributed by atoms with Crippen LogP contribution in [0.15, 0.2) is 59.7 Å². The van der Waals surface area contributed by atoms with Crippen molar-refractivity contribution >= 4 is 28.3 Å². The Kier molecular flexibility index (Phi) is 6.16. The molecule has 1 aromatic carbocycles. The summed E-state index contributed by atoms with van der Waals surface area (Å²) < 4.78 is 22.3. The van der Waals surface area contributed by atoms with Crippen LogP contribution >= 0.6 is 0 Å². The lowest BCUT2D eigenvalue weighted by atomic mass is 9.90. The Hall–Kier alpha value is -4.60. The summed E-state index contributed by atoms with van der Waals surface area (Å²) in [5.74, 6) is -0.0832. The first-order valence-corrected chi connectivity index (χ1v) is 11.8. The van der Waals surface area contributed by atoms with Crippen LogP contribution in [0, 0.1) is 18.7 Å². The average molecular weight is 500 g/mol. The molecule has 4 heterocycles. The second-order valence-corrected chi connectivity index (χ2v) is 9.18. The first kappa shape index (κ1) is 24.1. The van der Waals surface area contributed by atoms with E-state index >= 15 is 4.39 Å². The molecule has 0 aliphatic rings. The largest absolute Gasteiger partial charge is 0.445 e. The predicted molar refractivity (Wildman–Crippen MR) is 139 cm³/mol. The fourth-order valence-corrected chi connectivity index (χ4v) is 4.36. The van der Waals surface area contributed by atoms with Crippen molar-refractivity contribution in [2.45, 2.75) is 26.7 Å². The third-order valence-corrected chi connectivity index (χ3v) is 6.63. The second kappa shape index (κ2) is 9.45. The number of carbonyl (C=O) groups excluding carboxylic acids is 1. The number of nitrogens with two attached hydrogens (primary N) is 1. The van der Waals surface area contributed by atoms with Gasteiger partial charge in [0.05, 0.1) is 18.1 Å². The lowest BCUT2D eigenvalue weighted by Crippen LogP contribution is -2.25. The van der Waals surface area contributed by atoms with Gasteiger partial charge in [-0.15, -0.1) is 0 Å². The number of carbonyl (C=O) groups is 1. The summed E-state index contributed by atoms with van der Waals surface area (Å²) in [5, 5.41) is 8.36. The van der Waals surface area contributed by atoms with Crippen LogP contribution in [0.2, 0.25) is 0 Å². The summed E-state index contributed by atoms with van der Waals surface area (Å²) in [6.45, 7) is 5.63. The van der Waals surface area contributed by atoms with E-state index in [0.717, 1.165) is 5.56 Å². The van der Waals surface area contributed by atoms with E-state index in [1.165, 1.54) is 18.5 Å². The van der Waals surface area contributed by atoms with Crippen molar-refractivity contribution in [1.82, 2.24) is 24.7 Å². The van der Waals surface area contributed by atoms with Crippen LogP contribution in [0.25, 0.3) is 33.5 Å². The van der Waals surface area contributed by atoms with Crippen molar-refractivity contribution in [3.05, 3.63) is 72.3 Å². The van der Waals surface area contributed by atoms with Crippen molar-refractivity contribution in [2.75, 3.05) is 11.1 Å². The fourth-order valence-electron chi connectivity index (χ4n) is 4.36. The molecule has 0 unspecified atom stereocenters. The molecule has 5 rings (SSSR count). The lowest BCUT2D eigenvalue weighted by molar-refractivity contribution is -0.119. The van der Waals surface area contributed by atoms with Crippen LogP contribution < -0.4 is 11.1 Å². The third-order valence-electron chi connectivity index (χ3n) is 6.63. The van der Waals surface area contributed by atoms with Gasteiger partial charge in [-0.25, -0.2) is 19.3 Å². The lowest BCUT2D eigenvalue weighted by Gasteiger charge is -2.18. The molecule has 1 amide bonds. The van der Waals surface area contributed by atoms with E-state index in [4.69, 9.17) is 10.2 Å². The van der Waals surface area contributed by atoms with Gasteiger partial charge in [-0.05, 0) is 53.6 Å². The molecule has 37 heavy (non-hydrogen) atoms. The number of amides is 1. The average Bonchev–Trinajstić information content (AvgIpc) is 3.55. The Morgan fingerprint density at radius 2 is 1.97 bits per heavy atom. The Labute approximate surface area is 212 Å². The number of nitrogens with one attached hydrogen (secondary N) is 1. The zero-order chi connectivity index (χ0) is 26.3. The van der Waals surface area contributed by atoms with Gasteiger partial charge >= 0.3 is 0 Å². The van der Waals surface area contributed by atoms with Crippen molar-refractivity contribution in [3.8, 4) is 22.7 Å². The number of anilines is 2. The molecule has 0 spiro atoms. The molecule has 3 N–H and O–H groups in total. The Bertz CT molecular complexity index is 1590. The van der Waals surface area contributed by atoms with Crippen molar-refractivity contribution in [2.24, 2.45) is 13.0 Å². The van der Waals surface area contributed by atoms with Gasteiger partial charge in [0, 0.05) is 41.9 Å². The van der Waals surface area contributed by atoms with Crippen LogP contribution in [-0.2, 0) is 11.8 Å². The molecule has 0 fully saturated rings. The van der Waals surface area contributed by atoms with Crippen LogP contribution in [0.5, 0.6) is 0 Å². The molecular weight excluding hydrogens is 473 g/mol. The number of hydrogen-bond acceptors (Lipinski definition) is 7. The maximum atomic E-state index is 15.3. The van der Waals surface area contributed by atoms with E-state index in [1.54, 1.807) is 42.2 Å². The Balaban J connectivity index is 1.45. The number of fused-ring (bicyclic) bond motifs is 1. The summed E-state index contributed by atoms with van der Waals surface area (Å²) in [6, 6.07) is 6.60. The molecule has 0 aliphatic carbocycles. The summed E-state index contributed by atoms with van der Waals surface area (Å²) in [6.07, 6.45) is 8.16. The van der Waals surface area contributed by atoms with Gasteiger partial charge in [-0.1, -0.05) is 13.8 Å². The highest BCUT2D eigenvalue weighted by atomic mass is 19.1. The van der Waals surface area contributed by atoms with E-state index in [1.807, 2.05) is 27.1 Å². The standard InChI is InChI=1S/C27H26FN7O2/c1-14-7-18(27-30-5-6-37-27)8-21(28)24(14)22-9-17-10-23(31-12-20(17)25(29)33-22)34-26(36)16(3)15(2)19-11-32-35(4)13-19/h5-13,15-16H,1-4H3,(H2,29,33)(H,31,34,36)/t15-,16-/m1/s1. The molecule has 0 saturated heterocycles. The number of rotatable bonds is 6. The molecule has 5 aromatic rings. The number of aryl methyl sites for hydroxylation is 2. The fraction of sp³-hybridized carbons (Fsp3) is 0.222. The SMILES string of the molecule is Cc1cc(-c2ncco2)cc(F)c1-c1cc2cc(NC(=O)[C@H](C)[C@@H](C)c3cnn(C)c3)ncc2c(N)n1. The van der Waals surface area contributed by atoms with E-state index in [2.05, 4.69) is 25.4 Å². The number of hydrogen-bond donors (Lipinski definition) is 2. The van der Waals surface area contributed by atoms with Crippen LogP contribution in [0.4, 0.5) is 16.0 Å². The smallest absolute Gasteiger partial charge is 0.228 e. The van der Waals surface area contributed by atoms with Gasteiger partial charge < -0.3 is 15.5 Å².